The quantitative estimate of drug-likeness (QED) is 0.543. The fraction of sp³-hybridized carbons (Fsp3) is 0.857. The lowest BCUT2D eigenvalue weighted by Crippen LogP contribution is -2.12. The summed E-state index contributed by atoms with van der Waals surface area (Å²) in [4.78, 5) is 0. The number of rotatable bonds is 5. The Hall–Kier alpha value is -0.260. The molecule has 1 aliphatic carbocycles. The molecule has 0 nitrogen and oxygen atoms in total. The average Bonchev–Trinajstić information content (AvgIpc) is 2.21. The van der Waals surface area contributed by atoms with Crippen LogP contribution in [0.3, 0.4) is 0 Å². The molecular formula is C14H26. The van der Waals surface area contributed by atoms with Crippen LogP contribution in [0.5, 0.6) is 0 Å². The van der Waals surface area contributed by atoms with Gasteiger partial charge in [-0.2, -0.15) is 0 Å². The minimum absolute atomic E-state index is 0.912. The molecule has 0 aromatic heterocycles. The normalized spacial score (nSPS) is 28.4. The molecule has 0 heteroatoms. The van der Waals surface area contributed by atoms with Gasteiger partial charge in [-0.05, 0) is 43.9 Å². The van der Waals surface area contributed by atoms with E-state index >= 15 is 0 Å². The van der Waals surface area contributed by atoms with E-state index in [1.165, 1.54) is 51.4 Å². The molecule has 0 saturated heterocycles. The van der Waals surface area contributed by atoms with Crippen molar-refractivity contribution in [1.82, 2.24) is 0 Å². The van der Waals surface area contributed by atoms with E-state index in [2.05, 4.69) is 26.0 Å². The second-order valence-corrected chi connectivity index (χ2v) is 4.79. The van der Waals surface area contributed by atoms with Crippen molar-refractivity contribution in [3.63, 3.8) is 0 Å². The lowest BCUT2D eigenvalue weighted by Gasteiger charge is -2.26. The Morgan fingerprint density at radius 3 is 2.29 bits per heavy atom. The van der Waals surface area contributed by atoms with Gasteiger partial charge in [0.15, 0.2) is 0 Å². The Kier molecular flexibility index (Phi) is 5.98. The van der Waals surface area contributed by atoms with Crippen LogP contribution in [0, 0.1) is 11.8 Å². The van der Waals surface area contributed by atoms with Gasteiger partial charge in [0.2, 0.25) is 0 Å². The summed E-state index contributed by atoms with van der Waals surface area (Å²) in [7, 11) is 0. The molecule has 1 rings (SSSR count). The zero-order valence-corrected chi connectivity index (χ0v) is 9.97. The van der Waals surface area contributed by atoms with Gasteiger partial charge in [-0.15, -0.1) is 0 Å². The molecule has 0 aromatic rings. The van der Waals surface area contributed by atoms with Crippen LogP contribution in [0.25, 0.3) is 0 Å². The van der Waals surface area contributed by atoms with Gasteiger partial charge in [-0.3, -0.25) is 0 Å². The molecule has 0 amide bonds. The molecule has 1 fully saturated rings. The van der Waals surface area contributed by atoms with Gasteiger partial charge in [0.05, 0.1) is 0 Å². The first kappa shape index (κ1) is 11.8. The van der Waals surface area contributed by atoms with Gasteiger partial charge in [-0.1, -0.05) is 45.3 Å². The van der Waals surface area contributed by atoms with Crippen LogP contribution in [-0.2, 0) is 0 Å². The minimum atomic E-state index is 0.912. The summed E-state index contributed by atoms with van der Waals surface area (Å²) in [6.45, 7) is 4.57. The number of unbranched alkanes of at least 4 members (excludes halogenated alkanes) is 1. The molecule has 1 saturated carbocycles. The molecule has 0 aliphatic heterocycles. The Morgan fingerprint density at radius 2 is 1.71 bits per heavy atom. The third kappa shape index (κ3) is 4.30. The highest BCUT2D eigenvalue weighted by Gasteiger charge is 2.18. The average molecular weight is 194 g/mol. The highest BCUT2D eigenvalue weighted by atomic mass is 14.2. The van der Waals surface area contributed by atoms with Gasteiger partial charge in [0, 0.05) is 0 Å². The maximum Gasteiger partial charge on any atom is -0.0233 e. The summed E-state index contributed by atoms with van der Waals surface area (Å²) in [5, 5.41) is 0. The van der Waals surface area contributed by atoms with Crippen LogP contribution in [0.15, 0.2) is 12.2 Å². The molecule has 0 spiro atoms. The molecule has 0 radical (unpaired) electrons. The van der Waals surface area contributed by atoms with Crippen molar-refractivity contribution in [2.75, 3.05) is 0 Å². The van der Waals surface area contributed by atoms with E-state index in [1.54, 1.807) is 0 Å². The van der Waals surface area contributed by atoms with Crippen LogP contribution in [0.4, 0.5) is 0 Å². The molecule has 82 valence electrons. The Balaban J connectivity index is 2.15. The second-order valence-electron chi connectivity index (χ2n) is 4.79. The molecule has 0 N–H and O–H groups in total. The first-order valence-corrected chi connectivity index (χ1v) is 6.53. The minimum Gasteiger partial charge on any atom is -0.0883 e. The van der Waals surface area contributed by atoms with Crippen LogP contribution in [0.1, 0.15) is 65.2 Å². The predicted molar refractivity (Wildman–Crippen MR) is 64.4 cm³/mol. The van der Waals surface area contributed by atoms with Crippen LogP contribution < -0.4 is 0 Å². The van der Waals surface area contributed by atoms with Crippen molar-refractivity contribution >= 4 is 0 Å². The van der Waals surface area contributed by atoms with E-state index in [9.17, 15) is 0 Å². The lowest BCUT2D eigenvalue weighted by atomic mass is 9.80. The standard InChI is InChI=1S/C14H26/c1-3-5-6-8-14-11-9-13(7-4-2)10-12-14/h6,8,13-14H,3-5,7,9-12H2,1-2H3/b8-6+. The lowest BCUT2D eigenvalue weighted by molar-refractivity contribution is 0.294. The largest absolute Gasteiger partial charge is 0.0883 e. The van der Waals surface area contributed by atoms with E-state index < -0.39 is 0 Å². The van der Waals surface area contributed by atoms with E-state index in [1.807, 2.05) is 0 Å². The van der Waals surface area contributed by atoms with Crippen molar-refractivity contribution in [3.8, 4) is 0 Å². The molecule has 0 aromatic carbocycles. The third-order valence-corrected chi connectivity index (χ3v) is 3.45. The maximum absolute atomic E-state index is 2.48. The summed E-state index contributed by atoms with van der Waals surface area (Å²) in [6, 6.07) is 0. The molecule has 14 heavy (non-hydrogen) atoms. The number of hydrogen-bond acceptors (Lipinski definition) is 0. The Labute approximate surface area is 89.8 Å². The topological polar surface area (TPSA) is 0 Å². The molecule has 0 bridgehead atoms. The predicted octanol–water partition coefficient (Wildman–Crippen LogP) is 4.95. The van der Waals surface area contributed by atoms with E-state index in [4.69, 9.17) is 0 Å². The van der Waals surface area contributed by atoms with Crippen molar-refractivity contribution in [2.45, 2.75) is 65.2 Å². The molecule has 0 atom stereocenters. The number of hydrogen-bond donors (Lipinski definition) is 0. The Bertz CT molecular complexity index is 149. The monoisotopic (exact) mass is 194 g/mol. The maximum atomic E-state index is 2.48. The van der Waals surface area contributed by atoms with E-state index in [-0.39, 0.29) is 0 Å². The zero-order valence-electron chi connectivity index (χ0n) is 9.97. The summed E-state index contributed by atoms with van der Waals surface area (Å²) in [5.41, 5.74) is 0. The summed E-state index contributed by atoms with van der Waals surface area (Å²) < 4.78 is 0. The molecule has 0 unspecified atom stereocenters. The third-order valence-electron chi connectivity index (χ3n) is 3.45. The zero-order chi connectivity index (χ0) is 10.2. The van der Waals surface area contributed by atoms with Crippen LogP contribution >= 0.6 is 0 Å². The highest BCUT2D eigenvalue weighted by Crippen LogP contribution is 2.32. The fourth-order valence-electron chi connectivity index (χ4n) is 2.53. The summed E-state index contributed by atoms with van der Waals surface area (Å²) in [6.07, 6.45) is 16.1. The van der Waals surface area contributed by atoms with Gasteiger partial charge in [-0.25, -0.2) is 0 Å². The highest BCUT2D eigenvalue weighted by molar-refractivity contribution is 4.90. The van der Waals surface area contributed by atoms with Crippen LogP contribution in [0.2, 0.25) is 0 Å². The fourth-order valence-corrected chi connectivity index (χ4v) is 2.53. The van der Waals surface area contributed by atoms with Gasteiger partial charge in [0.25, 0.3) is 0 Å². The van der Waals surface area contributed by atoms with Gasteiger partial charge in [0.1, 0.15) is 0 Å². The van der Waals surface area contributed by atoms with Crippen molar-refractivity contribution < 1.29 is 0 Å². The van der Waals surface area contributed by atoms with Crippen molar-refractivity contribution in [1.29, 1.82) is 0 Å². The van der Waals surface area contributed by atoms with E-state index in [0.29, 0.717) is 0 Å². The van der Waals surface area contributed by atoms with Gasteiger partial charge >= 0.3 is 0 Å². The first-order valence-electron chi connectivity index (χ1n) is 6.53. The molecular weight excluding hydrogens is 168 g/mol. The first-order chi connectivity index (χ1) is 6.86. The van der Waals surface area contributed by atoms with Crippen molar-refractivity contribution in [2.24, 2.45) is 11.8 Å². The number of allylic oxidation sites excluding steroid dienone is 2. The Morgan fingerprint density at radius 1 is 1.00 bits per heavy atom. The smallest absolute Gasteiger partial charge is 0.0233 e. The molecule has 0 heterocycles. The SMILES string of the molecule is CCC/C=C/C1CCC(CCC)CC1. The second kappa shape index (κ2) is 7.09. The van der Waals surface area contributed by atoms with Crippen molar-refractivity contribution in [3.05, 3.63) is 12.2 Å². The van der Waals surface area contributed by atoms with E-state index in [0.717, 1.165) is 11.8 Å². The summed E-state index contributed by atoms with van der Waals surface area (Å²) >= 11 is 0. The molecule has 1 aliphatic rings. The van der Waals surface area contributed by atoms with Crippen LogP contribution in [-0.4, -0.2) is 0 Å². The van der Waals surface area contributed by atoms with Gasteiger partial charge < -0.3 is 0 Å². The summed E-state index contributed by atoms with van der Waals surface area (Å²) in [5.74, 6) is 1.96.